The summed E-state index contributed by atoms with van der Waals surface area (Å²) in [5, 5.41) is 0. The minimum Gasteiger partial charge on any atom is -0.468 e. The summed E-state index contributed by atoms with van der Waals surface area (Å²) >= 11 is 0. The normalized spacial score (nSPS) is 25.5. The van der Waals surface area contributed by atoms with E-state index in [1.165, 1.54) is 19.8 Å². The highest BCUT2D eigenvalue weighted by Crippen LogP contribution is 2.51. The first-order chi connectivity index (χ1) is 10.7. The lowest BCUT2D eigenvalue weighted by Crippen LogP contribution is -2.55. The topological polar surface area (TPSA) is 61.8 Å². The standard InChI is InChI=1S/C18H26O5/c1-11-8-7-9-17(3,4)14(11)13-10-12(2)23-18(13,15(19)21-5)16(20)22-6/h10,13H,7-9H2,1-6H3. The van der Waals surface area contributed by atoms with E-state index in [1.54, 1.807) is 6.92 Å². The van der Waals surface area contributed by atoms with E-state index in [4.69, 9.17) is 14.2 Å². The van der Waals surface area contributed by atoms with Gasteiger partial charge in [0.25, 0.3) is 0 Å². The lowest BCUT2D eigenvalue weighted by atomic mass is 9.64. The van der Waals surface area contributed by atoms with Gasteiger partial charge in [0, 0.05) is 0 Å². The summed E-state index contributed by atoms with van der Waals surface area (Å²) in [5.41, 5.74) is 0.387. The molecule has 0 spiro atoms. The van der Waals surface area contributed by atoms with E-state index in [0.29, 0.717) is 5.76 Å². The van der Waals surface area contributed by atoms with E-state index >= 15 is 0 Å². The molecule has 1 aliphatic heterocycles. The molecule has 128 valence electrons. The number of hydrogen-bond acceptors (Lipinski definition) is 5. The van der Waals surface area contributed by atoms with Crippen LogP contribution in [0.4, 0.5) is 0 Å². The van der Waals surface area contributed by atoms with Crippen LogP contribution in [0, 0.1) is 11.3 Å². The molecule has 0 fully saturated rings. The average molecular weight is 322 g/mol. The van der Waals surface area contributed by atoms with Crippen LogP contribution in [0.5, 0.6) is 0 Å². The highest BCUT2D eigenvalue weighted by atomic mass is 16.6. The molecule has 0 saturated heterocycles. The van der Waals surface area contributed by atoms with Gasteiger partial charge in [0.15, 0.2) is 0 Å². The van der Waals surface area contributed by atoms with Gasteiger partial charge in [-0.05, 0) is 44.6 Å². The Morgan fingerprint density at radius 3 is 2.22 bits per heavy atom. The van der Waals surface area contributed by atoms with Gasteiger partial charge in [-0.25, -0.2) is 9.59 Å². The second-order valence-corrected chi connectivity index (χ2v) is 7.01. The Balaban J connectivity index is 2.65. The third kappa shape index (κ3) is 2.66. The van der Waals surface area contributed by atoms with Gasteiger partial charge in [-0.15, -0.1) is 0 Å². The van der Waals surface area contributed by atoms with Crippen molar-refractivity contribution in [1.82, 2.24) is 0 Å². The van der Waals surface area contributed by atoms with Crippen molar-refractivity contribution in [2.75, 3.05) is 14.2 Å². The van der Waals surface area contributed by atoms with Crippen LogP contribution in [0.2, 0.25) is 0 Å². The highest BCUT2D eigenvalue weighted by Gasteiger charge is 2.62. The molecule has 1 aliphatic carbocycles. The number of esters is 2. The van der Waals surface area contributed by atoms with Gasteiger partial charge in [-0.3, -0.25) is 0 Å². The molecule has 0 bridgehead atoms. The number of carbonyl (C=O) groups is 2. The predicted octanol–water partition coefficient (Wildman–Crippen LogP) is 3.15. The van der Waals surface area contributed by atoms with Crippen LogP contribution < -0.4 is 0 Å². The molecule has 1 atom stereocenters. The van der Waals surface area contributed by atoms with Gasteiger partial charge in [-0.2, -0.15) is 0 Å². The van der Waals surface area contributed by atoms with E-state index in [0.717, 1.165) is 24.8 Å². The van der Waals surface area contributed by atoms with Crippen LogP contribution in [0.15, 0.2) is 23.0 Å². The zero-order valence-electron chi connectivity index (χ0n) is 14.8. The number of rotatable bonds is 3. The van der Waals surface area contributed by atoms with Gasteiger partial charge in [0.05, 0.1) is 25.9 Å². The van der Waals surface area contributed by atoms with Crippen molar-refractivity contribution in [3.8, 4) is 0 Å². The molecule has 1 unspecified atom stereocenters. The summed E-state index contributed by atoms with van der Waals surface area (Å²) in [6.45, 7) is 8.10. The maximum absolute atomic E-state index is 12.5. The molecule has 0 radical (unpaired) electrons. The first-order valence-corrected chi connectivity index (χ1v) is 7.95. The van der Waals surface area contributed by atoms with Crippen molar-refractivity contribution >= 4 is 11.9 Å². The lowest BCUT2D eigenvalue weighted by molar-refractivity contribution is -0.183. The molecule has 0 amide bonds. The van der Waals surface area contributed by atoms with Gasteiger partial charge in [0.2, 0.25) is 0 Å². The molecule has 0 aromatic rings. The van der Waals surface area contributed by atoms with Gasteiger partial charge in [-0.1, -0.05) is 25.0 Å². The third-order valence-corrected chi connectivity index (χ3v) is 4.99. The minimum atomic E-state index is -1.78. The minimum absolute atomic E-state index is 0.120. The first kappa shape index (κ1) is 17.6. The molecule has 23 heavy (non-hydrogen) atoms. The summed E-state index contributed by atoms with van der Waals surface area (Å²) in [7, 11) is 2.52. The summed E-state index contributed by atoms with van der Waals surface area (Å²) in [6.07, 6.45) is 4.91. The molecule has 0 aromatic carbocycles. The number of allylic oxidation sites excluding steroid dienone is 2. The number of hydrogen-bond donors (Lipinski definition) is 0. The fourth-order valence-electron chi connectivity index (χ4n) is 4.04. The summed E-state index contributed by atoms with van der Waals surface area (Å²) in [5.74, 6) is -1.40. The molecule has 0 N–H and O–H groups in total. The zero-order chi connectivity index (χ0) is 17.4. The van der Waals surface area contributed by atoms with Crippen LogP contribution in [-0.4, -0.2) is 31.8 Å². The third-order valence-electron chi connectivity index (χ3n) is 4.99. The fraction of sp³-hybridized carbons (Fsp3) is 0.667. The summed E-state index contributed by atoms with van der Waals surface area (Å²) < 4.78 is 15.6. The Kier molecular flexibility index (Phi) is 4.60. The van der Waals surface area contributed by atoms with Crippen molar-refractivity contribution < 1.29 is 23.8 Å². The number of ether oxygens (including phenoxy) is 3. The largest absolute Gasteiger partial charge is 0.468 e. The van der Waals surface area contributed by atoms with E-state index in [2.05, 4.69) is 20.8 Å². The monoisotopic (exact) mass is 322 g/mol. The Hall–Kier alpha value is -1.78. The molecule has 0 aromatic heterocycles. The maximum atomic E-state index is 12.5. The fourth-order valence-corrected chi connectivity index (χ4v) is 4.04. The van der Waals surface area contributed by atoms with E-state index in [-0.39, 0.29) is 5.41 Å². The second-order valence-electron chi connectivity index (χ2n) is 7.01. The first-order valence-electron chi connectivity index (χ1n) is 7.95. The van der Waals surface area contributed by atoms with Crippen LogP contribution in [0.25, 0.3) is 0 Å². The molecule has 1 heterocycles. The number of methoxy groups -OCH3 is 2. The summed E-state index contributed by atoms with van der Waals surface area (Å²) in [6, 6.07) is 0. The molecule has 2 rings (SSSR count). The smallest absolute Gasteiger partial charge is 0.363 e. The molecular weight excluding hydrogens is 296 g/mol. The van der Waals surface area contributed by atoms with Crippen molar-refractivity contribution in [2.24, 2.45) is 11.3 Å². The average Bonchev–Trinajstić information content (AvgIpc) is 2.82. The second kappa shape index (κ2) is 6.02. The van der Waals surface area contributed by atoms with E-state index in [1.807, 2.05) is 6.08 Å². The Morgan fingerprint density at radius 2 is 1.74 bits per heavy atom. The molecule has 0 saturated carbocycles. The lowest BCUT2D eigenvalue weighted by Gasteiger charge is -2.41. The summed E-state index contributed by atoms with van der Waals surface area (Å²) in [4.78, 5) is 25.1. The van der Waals surface area contributed by atoms with Crippen LogP contribution in [0.3, 0.4) is 0 Å². The highest BCUT2D eigenvalue weighted by molar-refractivity contribution is 6.05. The molecular formula is C18H26O5. The van der Waals surface area contributed by atoms with Gasteiger partial charge >= 0.3 is 17.5 Å². The predicted molar refractivity (Wildman–Crippen MR) is 85.4 cm³/mol. The Bertz CT molecular complexity index is 566. The zero-order valence-corrected chi connectivity index (χ0v) is 14.8. The molecule has 5 heteroatoms. The van der Waals surface area contributed by atoms with Crippen molar-refractivity contribution in [3.63, 3.8) is 0 Å². The van der Waals surface area contributed by atoms with Crippen LogP contribution in [-0.2, 0) is 23.8 Å². The molecule has 2 aliphatic rings. The van der Waals surface area contributed by atoms with Crippen LogP contribution in [0.1, 0.15) is 47.0 Å². The SMILES string of the molecule is COC(=O)C1(C(=O)OC)OC(C)=CC1C1=C(C)CCCC1(C)C. The maximum Gasteiger partial charge on any atom is 0.363 e. The Labute approximate surface area is 137 Å². The molecule has 5 nitrogen and oxygen atoms in total. The van der Waals surface area contributed by atoms with Gasteiger partial charge < -0.3 is 14.2 Å². The quantitative estimate of drug-likeness (QED) is 0.454. The van der Waals surface area contributed by atoms with E-state index in [9.17, 15) is 9.59 Å². The van der Waals surface area contributed by atoms with Crippen molar-refractivity contribution in [1.29, 1.82) is 0 Å². The van der Waals surface area contributed by atoms with Crippen molar-refractivity contribution in [2.45, 2.75) is 52.6 Å². The van der Waals surface area contributed by atoms with Gasteiger partial charge in [0.1, 0.15) is 0 Å². The van der Waals surface area contributed by atoms with Crippen molar-refractivity contribution in [3.05, 3.63) is 23.0 Å². The number of carbonyl (C=O) groups excluding carboxylic acids is 2. The Morgan fingerprint density at radius 1 is 1.17 bits per heavy atom. The van der Waals surface area contributed by atoms with Crippen LogP contribution >= 0.6 is 0 Å². The van der Waals surface area contributed by atoms with E-state index < -0.39 is 23.5 Å².